The summed E-state index contributed by atoms with van der Waals surface area (Å²) in [6.07, 6.45) is 8.60. The van der Waals surface area contributed by atoms with Gasteiger partial charge in [0.15, 0.2) is 0 Å². The number of terminal acetylenes is 1. The highest BCUT2D eigenvalue weighted by Gasteiger charge is 2.10. The van der Waals surface area contributed by atoms with Gasteiger partial charge in [-0.05, 0) is 48.4 Å². The van der Waals surface area contributed by atoms with E-state index in [0.717, 1.165) is 21.8 Å². The molecule has 0 aliphatic heterocycles. The number of carbonyl (C=O) groups is 1. The third-order valence-corrected chi connectivity index (χ3v) is 5.03. The topological polar surface area (TPSA) is 42.4 Å². The molecule has 0 unspecified atom stereocenters. The van der Waals surface area contributed by atoms with E-state index >= 15 is 0 Å². The summed E-state index contributed by atoms with van der Waals surface area (Å²) < 4.78 is 18.9. The summed E-state index contributed by atoms with van der Waals surface area (Å²) in [4.78, 5) is 18.5. The number of hydrogen-bond acceptors (Lipinski definition) is 4. The van der Waals surface area contributed by atoms with Crippen LogP contribution in [0.4, 0.5) is 4.39 Å². The van der Waals surface area contributed by atoms with Crippen LogP contribution in [0.3, 0.4) is 0 Å². The van der Waals surface area contributed by atoms with Gasteiger partial charge < -0.3 is 9.64 Å². The number of aromatic nitrogens is 1. The minimum absolute atomic E-state index is 0.163. The third-order valence-electron chi connectivity index (χ3n) is 4.21. The summed E-state index contributed by atoms with van der Waals surface area (Å²) in [5.41, 5.74) is 2.53. The molecule has 0 aliphatic rings. The molecule has 1 heterocycles. The summed E-state index contributed by atoms with van der Waals surface area (Å²) in [5.74, 6) is 2.65. The molecule has 0 radical (unpaired) electrons. The van der Waals surface area contributed by atoms with E-state index in [-0.39, 0.29) is 18.3 Å². The van der Waals surface area contributed by atoms with Gasteiger partial charge in [0.25, 0.3) is 0 Å². The van der Waals surface area contributed by atoms with Crippen molar-refractivity contribution in [1.82, 2.24) is 9.88 Å². The van der Waals surface area contributed by atoms with Gasteiger partial charge >= 0.3 is 0 Å². The highest BCUT2D eigenvalue weighted by molar-refractivity contribution is 7.09. The molecular formula is C24H21FN2O2S. The van der Waals surface area contributed by atoms with Crippen LogP contribution >= 0.6 is 11.3 Å². The van der Waals surface area contributed by atoms with Crippen LogP contribution in [0.25, 0.3) is 6.08 Å². The Hall–Kier alpha value is -3.43. The first-order chi connectivity index (χ1) is 14.5. The average molecular weight is 421 g/mol. The van der Waals surface area contributed by atoms with Gasteiger partial charge in [-0.2, -0.15) is 0 Å². The number of amides is 1. The van der Waals surface area contributed by atoms with Crippen molar-refractivity contribution in [2.24, 2.45) is 0 Å². The second-order valence-electron chi connectivity index (χ2n) is 6.58. The molecule has 0 aliphatic carbocycles. The molecule has 152 valence electrons. The standard InChI is InChI=1S/C24H21FN2O2S/c1-3-13-27(15-20-7-10-21(25)11-8-20)24(28)12-9-19-5-4-6-23(14-19)29-16-22-17-30-18(2)26-22/h1,4-12,14,17H,13,15-16H2,2H3/b12-9+. The molecule has 6 heteroatoms. The summed E-state index contributed by atoms with van der Waals surface area (Å²) >= 11 is 1.58. The van der Waals surface area contributed by atoms with E-state index in [1.54, 1.807) is 29.5 Å². The molecule has 4 nitrogen and oxygen atoms in total. The number of ether oxygens (including phenoxy) is 1. The fourth-order valence-corrected chi connectivity index (χ4v) is 3.34. The number of aryl methyl sites for hydroxylation is 1. The van der Waals surface area contributed by atoms with E-state index in [9.17, 15) is 9.18 Å². The minimum atomic E-state index is -0.319. The molecule has 30 heavy (non-hydrogen) atoms. The van der Waals surface area contributed by atoms with Crippen molar-refractivity contribution in [2.75, 3.05) is 6.54 Å². The average Bonchev–Trinajstić information content (AvgIpc) is 3.17. The Kier molecular flexibility index (Phi) is 7.36. The van der Waals surface area contributed by atoms with Gasteiger partial charge in [-0.15, -0.1) is 17.8 Å². The van der Waals surface area contributed by atoms with Gasteiger partial charge in [0, 0.05) is 18.0 Å². The fourth-order valence-electron chi connectivity index (χ4n) is 2.74. The summed E-state index contributed by atoms with van der Waals surface area (Å²) in [7, 11) is 0. The van der Waals surface area contributed by atoms with E-state index in [2.05, 4.69) is 10.9 Å². The SMILES string of the molecule is C#CCN(Cc1ccc(F)cc1)C(=O)/C=C/c1cccc(OCc2csc(C)n2)c1. The van der Waals surface area contributed by atoms with Crippen LogP contribution in [-0.2, 0) is 17.9 Å². The normalized spacial score (nSPS) is 10.7. The Morgan fingerprint density at radius 1 is 1.30 bits per heavy atom. The zero-order valence-corrected chi connectivity index (χ0v) is 17.4. The molecule has 3 aromatic rings. The van der Waals surface area contributed by atoms with Crippen molar-refractivity contribution < 1.29 is 13.9 Å². The lowest BCUT2D eigenvalue weighted by Crippen LogP contribution is -2.29. The number of benzene rings is 2. The zero-order valence-electron chi connectivity index (χ0n) is 16.5. The van der Waals surface area contributed by atoms with Crippen LogP contribution in [0.2, 0.25) is 0 Å². The molecule has 1 amide bonds. The monoisotopic (exact) mass is 420 g/mol. The fraction of sp³-hybridized carbons (Fsp3) is 0.167. The summed E-state index contributed by atoms with van der Waals surface area (Å²) in [6, 6.07) is 13.5. The van der Waals surface area contributed by atoms with Crippen molar-refractivity contribution >= 4 is 23.3 Å². The number of thiazole rings is 1. The molecule has 2 aromatic carbocycles. The number of nitrogens with zero attached hydrogens (tertiary/aromatic N) is 2. The Bertz CT molecular complexity index is 1070. The molecule has 0 saturated heterocycles. The summed E-state index contributed by atoms with van der Waals surface area (Å²) in [6.45, 7) is 2.82. The highest BCUT2D eigenvalue weighted by Crippen LogP contribution is 2.17. The molecule has 0 fully saturated rings. The first-order valence-corrected chi connectivity index (χ1v) is 10.2. The van der Waals surface area contributed by atoms with Gasteiger partial charge in [-0.1, -0.05) is 30.2 Å². The molecule has 0 bridgehead atoms. The first kappa shape index (κ1) is 21.3. The van der Waals surface area contributed by atoms with Crippen LogP contribution in [-0.4, -0.2) is 22.3 Å². The van der Waals surface area contributed by atoms with E-state index < -0.39 is 0 Å². The molecular weight excluding hydrogens is 399 g/mol. The Morgan fingerprint density at radius 2 is 2.10 bits per heavy atom. The van der Waals surface area contributed by atoms with Crippen molar-refractivity contribution in [3.63, 3.8) is 0 Å². The van der Waals surface area contributed by atoms with Crippen LogP contribution in [0.15, 0.2) is 60.0 Å². The van der Waals surface area contributed by atoms with Gasteiger partial charge in [-0.25, -0.2) is 9.37 Å². The lowest BCUT2D eigenvalue weighted by atomic mass is 10.2. The summed E-state index contributed by atoms with van der Waals surface area (Å²) in [5, 5.41) is 2.97. The smallest absolute Gasteiger partial charge is 0.247 e. The molecule has 3 rings (SSSR count). The van der Waals surface area contributed by atoms with Crippen LogP contribution in [0.1, 0.15) is 21.8 Å². The van der Waals surface area contributed by atoms with Crippen molar-refractivity contribution in [1.29, 1.82) is 0 Å². The predicted molar refractivity (Wildman–Crippen MR) is 117 cm³/mol. The lowest BCUT2D eigenvalue weighted by molar-refractivity contribution is -0.125. The van der Waals surface area contributed by atoms with Crippen molar-refractivity contribution in [3.05, 3.63) is 87.6 Å². The van der Waals surface area contributed by atoms with Gasteiger partial charge in [-0.3, -0.25) is 4.79 Å². The van der Waals surface area contributed by atoms with E-state index in [1.165, 1.54) is 23.1 Å². The van der Waals surface area contributed by atoms with Crippen LogP contribution in [0.5, 0.6) is 5.75 Å². The van der Waals surface area contributed by atoms with Gasteiger partial charge in [0.1, 0.15) is 18.2 Å². The second kappa shape index (κ2) is 10.4. The molecule has 0 N–H and O–H groups in total. The van der Waals surface area contributed by atoms with Crippen LogP contribution in [0, 0.1) is 25.1 Å². The second-order valence-corrected chi connectivity index (χ2v) is 7.64. The van der Waals surface area contributed by atoms with Gasteiger partial charge in [0.2, 0.25) is 5.91 Å². The quantitative estimate of drug-likeness (QED) is 0.387. The van der Waals surface area contributed by atoms with E-state index in [0.29, 0.717) is 18.9 Å². The number of halogens is 1. The Balaban J connectivity index is 1.63. The number of rotatable bonds is 8. The predicted octanol–water partition coefficient (Wildman–Crippen LogP) is 4.84. The Labute approximate surface area is 179 Å². The molecule has 0 saturated carbocycles. The Morgan fingerprint density at radius 3 is 2.80 bits per heavy atom. The van der Waals surface area contributed by atoms with Crippen molar-refractivity contribution in [3.8, 4) is 18.1 Å². The molecule has 0 spiro atoms. The first-order valence-electron chi connectivity index (χ1n) is 9.32. The maximum atomic E-state index is 13.1. The maximum absolute atomic E-state index is 13.1. The largest absolute Gasteiger partial charge is 0.487 e. The molecule has 1 aromatic heterocycles. The van der Waals surface area contributed by atoms with E-state index in [1.807, 2.05) is 36.6 Å². The number of hydrogen-bond donors (Lipinski definition) is 0. The van der Waals surface area contributed by atoms with Crippen LogP contribution < -0.4 is 4.74 Å². The maximum Gasteiger partial charge on any atom is 0.247 e. The molecule has 0 atom stereocenters. The highest BCUT2D eigenvalue weighted by atomic mass is 32.1. The third kappa shape index (κ3) is 6.29. The minimum Gasteiger partial charge on any atom is -0.487 e. The lowest BCUT2D eigenvalue weighted by Gasteiger charge is -2.18. The van der Waals surface area contributed by atoms with Gasteiger partial charge in [0.05, 0.1) is 17.2 Å². The van der Waals surface area contributed by atoms with E-state index in [4.69, 9.17) is 11.2 Å². The number of carbonyl (C=O) groups excluding carboxylic acids is 1. The van der Waals surface area contributed by atoms with Crippen molar-refractivity contribution in [2.45, 2.75) is 20.1 Å². The zero-order chi connectivity index (χ0) is 21.3.